The van der Waals surface area contributed by atoms with Crippen LogP contribution < -0.4 is 0 Å². The quantitative estimate of drug-likeness (QED) is 0.314. The molecule has 0 amide bonds. The van der Waals surface area contributed by atoms with Gasteiger partial charge >= 0.3 is 0 Å². The van der Waals surface area contributed by atoms with E-state index in [9.17, 15) is 0 Å². The summed E-state index contributed by atoms with van der Waals surface area (Å²) in [6.45, 7) is 0. The van der Waals surface area contributed by atoms with Crippen LogP contribution in [0.15, 0.2) is 81.8 Å². The molecular weight excluding hydrogens is 519 g/mol. The molecule has 0 spiro atoms. The zero-order valence-corrected chi connectivity index (χ0v) is 19.5. The van der Waals surface area contributed by atoms with Crippen LogP contribution in [0.5, 0.6) is 0 Å². The topological polar surface area (TPSA) is 0 Å². The van der Waals surface area contributed by atoms with E-state index in [1.807, 2.05) is 30.3 Å². The molecule has 3 aromatic rings. The molecule has 0 saturated heterocycles. The van der Waals surface area contributed by atoms with Crippen LogP contribution in [0.2, 0.25) is 10.0 Å². The van der Waals surface area contributed by atoms with Crippen molar-refractivity contribution in [1.29, 1.82) is 0 Å². The van der Waals surface area contributed by atoms with Gasteiger partial charge in [-0.2, -0.15) is 0 Å². The van der Waals surface area contributed by atoms with E-state index in [1.54, 1.807) is 0 Å². The van der Waals surface area contributed by atoms with Gasteiger partial charge in [0.25, 0.3) is 0 Å². The molecule has 0 fully saturated rings. The highest BCUT2D eigenvalue weighted by Gasteiger charge is 2.18. The molecule has 4 heteroatoms. The number of hydrogen-bond acceptors (Lipinski definition) is 0. The molecule has 28 heavy (non-hydrogen) atoms. The minimum absolute atomic E-state index is 0.653. The molecule has 0 heterocycles. The second kappa shape index (κ2) is 8.59. The molecule has 0 bridgehead atoms. The molecule has 0 N–H and O–H groups in total. The maximum absolute atomic E-state index is 6.73. The van der Waals surface area contributed by atoms with Crippen molar-refractivity contribution < 1.29 is 0 Å². The highest BCUT2D eigenvalue weighted by molar-refractivity contribution is 9.11. The van der Waals surface area contributed by atoms with Crippen LogP contribution in [-0.2, 0) is 0 Å². The first-order chi connectivity index (χ1) is 13.5. The van der Waals surface area contributed by atoms with Gasteiger partial charge in [0.15, 0.2) is 0 Å². The van der Waals surface area contributed by atoms with Crippen LogP contribution in [-0.4, -0.2) is 0 Å². The minimum atomic E-state index is 0.653. The van der Waals surface area contributed by atoms with Crippen molar-refractivity contribution in [3.63, 3.8) is 0 Å². The van der Waals surface area contributed by atoms with Gasteiger partial charge < -0.3 is 0 Å². The van der Waals surface area contributed by atoms with Crippen LogP contribution in [0.25, 0.3) is 27.8 Å². The van der Waals surface area contributed by atoms with Crippen molar-refractivity contribution in [2.24, 2.45) is 0 Å². The van der Waals surface area contributed by atoms with Crippen molar-refractivity contribution in [3.8, 4) is 22.3 Å². The van der Waals surface area contributed by atoms with Gasteiger partial charge in [-0.05, 0) is 59.4 Å². The van der Waals surface area contributed by atoms with Crippen molar-refractivity contribution in [2.75, 3.05) is 0 Å². The minimum Gasteiger partial charge on any atom is -0.0836 e. The lowest BCUT2D eigenvalue weighted by atomic mass is 9.96. The van der Waals surface area contributed by atoms with E-state index in [2.05, 4.69) is 74.4 Å². The van der Waals surface area contributed by atoms with Crippen LogP contribution in [0.3, 0.4) is 0 Å². The predicted octanol–water partition coefficient (Wildman–Crippen LogP) is 9.59. The Bertz CT molecular complexity index is 1050. The van der Waals surface area contributed by atoms with Gasteiger partial charge in [-0.3, -0.25) is 0 Å². The normalized spacial score (nSPS) is 13.5. The van der Waals surface area contributed by atoms with E-state index in [0.29, 0.717) is 10.0 Å². The van der Waals surface area contributed by atoms with Crippen LogP contribution in [0, 0.1) is 0 Å². The second-order valence-electron chi connectivity index (χ2n) is 6.63. The summed E-state index contributed by atoms with van der Waals surface area (Å²) in [6, 6.07) is 18.4. The average molecular weight is 535 g/mol. The number of allylic oxidation sites excluding steroid dienone is 4. The first-order valence-corrected chi connectivity index (χ1v) is 11.3. The first kappa shape index (κ1) is 20.0. The van der Waals surface area contributed by atoms with Crippen molar-refractivity contribution in [2.45, 2.75) is 12.8 Å². The van der Waals surface area contributed by atoms with E-state index >= 15 is 0 Å². The van der Waals surface area contributed by atoms with Gasteiger partial charge in [-0.15, -0.1) is 0 Å². The fourth-order valence-electron chi connectivity index (χ4n) is 3.42. The van der Waals surface area contributed by atoms with Crippen LogP contribution in [0.1, 0.15) is 18.4 Å². The van der Waals surface area contributed by atoms with Crippen LogP contribution >= 0.6 is 55.1 Å². The Hall–Kier alpha value is -1.32. The Morgan fingerprint density at radius 1 is 0.679 bits per heavy atom. The maximum Gasteiger partial charge on any atom is 0.0502 e. The molecule has 1 aliphatic carbocycles. The molecule has 0 nitrogen and oxygen atoms in total. The average Bonchev–Trinajstić information content (AvgIpc) is 2.70. The molecule has 4 rings (SSSR count). The largest absolute Gasteiger partial charge is 0.0836 e. The third kappa shape index (κ3) is 4.02. The van der Waals surface area contributed by atoms with Gasteiger partial charge in [0.2, 0.25) is 0 Å². The zero-order chi connectivity index (χ0) is 19.7. The van der Waals surface area contributed by atoms with Gasteiger partial charge in [0.1, 0.15) is 0 Å². The Morgan fingerprint density at radius 2 is 1.29 bits per heavy atom. The molecule has 0 radical (unpaired) electrons. The Balaban J connectivity index is 1.81. The molecule has 0 aromatic heterocycles. The Labute approximate surface area is 192 Å². The summed E-state index contributed by atoms with van der Waals surface area (Å²) in [6.07, 6.45) is 8.74. The summed E-state index contributed by atoms with van der Waals surface area (Å²) < 4.78 is 1.83. The molecule has 0 saturated carbocycles. The van der Waals surface area contributed by atoms with E-state index in [4.69, 9.17) is 23.2 Å². The van der Waals surface area contributed by atoms with E-state index in [1.165, 1.54) is 5.57 Å². The summed E-state index contributed by atoms with van der Waals surface area (Å²) >= 11 is 20.9. The fourth-order valence-corrected chi connectivity index (χ4v) is 5.59. The zero-order valence-electron chi connectivity index (χ0n) is 14.9. The molecule has 3 aromatic carbocycles. The third-order valence-corrected chi connectivity index (χ3v) is 6.62. The lowest BCUT2D eigenvalue weighted by Crippen LogP contribution is -1.92. The summed E-state index contributed by atoms with van der Waals surface area (Å²) in [5.41, 5.74) is 6.26. The van der Waals surface area contributed by atoms with Crippen molar-refractivity contribution in [1.82, 2.24) is 0 Å². The van der Waals surface area contributed by atoms with Crippen molar-refractivity contribution >= 4 is 60.6 Å². The Kier molecular flexibility index (Phi) is 6.13. The van der Waals surface area contributed by atoms with E-state index in [-0.39, 0.29) is 0 Å². The van der Waals surface area contributed by atoms with Gasteiger partial charge in [0.05, 0.1) is 10.0 Å². The highest BCUT2D eigenvalue weighted by atomic mass is 79.9. The summed E-state index contributed by atoms with van der Waals surface area (Å²) in [5, 5.41) is 1.32. The first-order valence-electron chi connectivity index (χ1n) is 8.95. The Morgan fingerprint density at radius 3 is 1.86 bits per heavy atom. The third-order valence-electron chi connectivity index (χ3n) is 4.77. The maximum atomic E-state index is 6.73. The van der Waals surface area contributed by atoms with Crippen LogP contribution in [0.4, 0.5) is 0 Å². The molecule has 140 valence electrons. The van der Waals surface area contributed by atoms with Crippen molar-refractivity contribution in [3.05, 3.63) is 97.4 Å². The molecule has 0 aliphatic heterocycles. The summed E-state index contributed by atoms with van der Waals surface area (Å²) in [4.78, 5) is 0. The van der Waals surface area contributed by atoms with E-state index < -0.39 is 0 Å². The van der Waals surface area contributed by atoms with Gasteiger partial charge in [-0.1, -0.05) is 104 Å². The summed E-state index contributed by atoms with van der Waals surface area (Å²) in [7, 11) is 0. The SMILES string of the molecule is Clc1cc(C2=CCCC=C2)cc(Br)c1-c1c(Cl)cc(-c2ccccc2)cc1Br. The monoisotopic (exact) mass is 532 g/mol. The standard InChI is InChI=1S/C24H16Br2Cl2/c25-19-11-17(15-7-3-1-4-8-15)13-21(27)23(19)24-20(26)12-18(14-22(24)28)16-9-5-2-6-10-16/h1,3-5,7-14H,2,6H2. The molecule has 0 unspecified atom stereocenters. The number of benzene rings is 3. The lowest BCUT2D eigenvalue weighted by Gasteiger charge is -2.16. The van der Waals surface area contributed by atoms with E-state index in [0.717, 1.165) is 49.6 Å². The number of halogens is 4. The molecule has 1 aliphatic rings. The number of hydrogen-bond donors (Lipinski definition) is 0. The second-order valence-corrected chi connectivity index (χ2v) is 9.16. The summed E-state index contributed by atoms with van der Waals surface area (Å²) in [5.74, 6) is 0. The molecule has 0 atom stereocenters. The molecular formula is C24H16Br2Cl2. The smallest absolute Gasteiger partial charge is 0.0502 e. The fraction of sp³-hybridized carbons (Fsp3) is 0.0833. The lowest BCUT2D eigenvalue weighted by molar-refractivity contribution is 1.04. The van der Waals surface area contributed by atoms with Gasteiger partial charge in [0, 0.05) is 20.1 Å². The highest BCUT2D eigenvalue weighted by Crippen LogP contribution is 2.45. The predicted molar refractivity (Wildman–Crippen MR) is 129 cm³/mol. The van der Waals surface area contributed by atoms with Gasteiger partial charge in [-0.25, -0.2) is 0 Å². The number of rotatable bonds is 3.